The van der Waals surface area contributed by atoms with Crippen molar-refractivity contribution in [3.8, 4) is 5.95 Å². The minimum Gasteiger partial charge on any atom is -0.368 e. The molecule has 0 spiro atoms. The summed E-state index contributed by atoms with van der Waals surface area (Å²) in [6, 6.07) is 4.79. The number of anilines is 3. The first-order valence-electron chi connectivity index (χ1n) is 5.85. The Balaban J connectivity index is 1.95. The zero-order chi connectivity index (χ0) is 14.8. The predicted octanol–water partition coefficient (Wildman–Crippen LogP) is 1.66. The molecular weight excluding hydrogens is 280 g/mol. The molecule has 0 aliphatic carbocycles. The molecule has 2 aromatic heterocycles. The predicted molar refractivity (Wildman–Crippen MR) is 71.0 cm³/mol. The molecule has 2 heterocycles. The Kier molecular flexibility index (Phi) is 3.14. The Morgan fingerprint density at radius 1 is 1.14 bits per heavy atom. The van der Waals surface area contributed by atoms with Crippen LogP contribution in [0.25, 0.3) is 5.95 Å². The first-order valence-corrected chi connectivity index (χ1v) is 5.85. The van der Waals surface area contributed by atoms with Gasteiger partial charge in [0.2, 0.25) is 11.9 Å². The molecule has 0 aliphatic rings. The summed E-state index contributed by atoms with van der Waals surface area (Å²) >= 11 is 0. The quantitative estimate of drug-likeness (QED) is 0.761. The van der Waals surface area contributed by atoms with E-state index in [1.54, 1.807) is 18.5 Å². The van der Waals surface area contributed by atoms with Gasteiger partial charge in [-0.05, 0) is 18.2 Å². The lowest BCUT2D eigenvalue weighted by molar-refractivity contribution is 0.586. The highest BCUT2D eigenvalue weighted by molar-refractivity contribution is 5.55. The zero-order valence-electron chi connectivity index (χ0n) is 10.5. The van der Waals surface area contributed by atoms with Crippen molar-refractivity contribution in [2.75, 3.05) is 11.1 Å². The number of rotatable bonds is 3. The molecular formula is C12H9F2N7. The Bertz CT molecular complexity index is 773. The fourth-order valence-corrected chi connectivity index (χ4v) is 1.64. The van der Waals surface area contributed by atoms with Crippen LogP contribution in [-0.4, -0.2) is 24.7 Å². The van der Waals surface area contributed by atoms with Crippen molar-refractivity contribution >= 4 is 17.6 Å². The number of benzene rings is 1. The number of aromatic nitrogens is 5. The van der Waals surface area contributed by atoms with Crippen molar-refractivity contribution in [1.29, 1.82) is 0 Å². The largest absolute Gasteiger partial charge is 0.368 e. The van der Waals surface area contributed by atoms with E-state index in [-0.39, 0.29) is 23.5 Å². The maximum absolute atomic E-state index is 13.6. The minimum absolute atomic E-state index is 0.0217. The molecule has 0 bridgehead atoms. The number of hydrogen-bond donors (Lipinski definition) is 2. The second-order valence-corrected chi connectivity index (χ2v) is 4.02. The Morgan fingerprint density at radius 3 is 2.71 bits per heavy atom. The van der Waals surface area contributed by atoms with Gasteiger partial charge in [-0.25, -0.2) is 13.5 Å². The van der Waals surface area contributed by atoms with Gasteiger partial charge in [0.1, 0.15) is 11.6 Å². The van der Waals surface area contributed by atoms with E-state index in [1.807, 2.05) is 0 Å². The monoisotopic (exact) mass is 289 g/mol. The highest BCUT2D eigenvalue weighted by Crippen LogP contribution is 2.19. The molecule has 0 radical (unpaired) electrons. The van der Waals surface area contributed by atoms with E-state index >= 15 is 0 Å². The van der Waals surface area contributed by atoms with Crippen LogP contribution >= 0.6 is 0 Å². The molecule has 0 saturated heterocycles. The maximum Gasteiger partial charge on any atom is 0.257 e. The van der Waals surface area contributed by atoms with Crippen molar-refractivity contribution in [3.63, 3.8) is 0 Å². The van der Waals surface area contributed by atoms with Crippen LogP contribution < -0.4 is 11.1 Å². The van der Waals surface area contributed by atoms with E-state index in [1.165, 1.54) is 10.7 Å². The van der Waals surface area contributed by atoms with Gasteiger partial charge in [-0.2, -0.15) is 20.1 Å². The summed E-state index contributed by atoms with van der Waals surface area (Å²) in [5, 5.41) is 6.58. The lowest BCUT2D eigenvalue weighted by Gasteiger charge is -2.08. The fraction of sp³-hybridized carbons (Fsp3) is 0. The van der Waals surface area contributed by atoms with Crippen LogP contribution in [0.1, 0.15) is 0 Å². The molecule has 9 heteroatoms. The third-order valence-electron chi connectivity index (χ3n) is 2.53. The SMILES string of the molecule is Nc1nc(Nc2ccc(F)cc2F)nc(-n2cccn2)n1. The number of nitrogen functional groups attached to an aromatic ring is 1. The summed E-state index contributed by atoms with van der Waals surface area (Å²) in [6.45, 7) is 0. The van der Waals surface area contributed by atoms with Crippen LogP contribution in [0.4, 0.5) is 26.4 Å². The van der Waals surface area contributed by atoms with Crippen LogP contribution in [0.2, 0.25) is 0 Å². The van der Waals surface area contributed by atoms with Crippen molar-refractivity contribution in [3.05, 3.63) is 48.3 Å². The molecule has 3 aromatic rings. The molecule has 1 aromatic carbocycles. The summed E-state index contributed by atoms with van der Waals surface area (Å²) in [7, 11) is 0. The molecule has 3 rings (SSSR count). The van der Waals surface area contributed by atoms with E-state index in [9.17, 15) is 8.78 Å². The van der Waals surface area contributed by atoms with Gasteiger partial charge in [0, 0.05) is 18.5 Å². The Labute approximate surface area is 117 Å². The number of hydrogen-bond acceptors (Lipinski definition) is 6. The normalized spacial score (nSPS) is 10.6. The van der Waals surface area contributed by atoms with Gasteiger partial charge in [0.15, 0.2) is 0 Å². The Hall–Kier alpha value is -3.10. The second-order valence-electron chi connectivity index (χ2n) is 4.02. The summed E-state index contributed by atoms with van der Waals surface area (Å²) in [4.78, 5) is 11.8. The summed E-state index contributed by atoms with van der Waals surface area (Å²) in [5.41, 5.74) is 5.61. The molecule has 0 unspecified atom stereocenters. The summed E-state index contributed by atoms with van der Waals surface area (Å²) in [6.07, 6.45) is 3.17. The molecule has 106 valence electrons. The molecule has 3 N–H and O–H groups in total. The topological polar surface area (TPSA) is 94.5 Å². The highest BCUT2D eigenvalue weighted by Gasteiger charge is 2.09. The van der Waals surface area contributed by atoms with E-state index in [2.05, 4.69) is 25.4 Å². The first kappa shape index (κ1) is 12.9. The third kappa shape index (κ3) is 2.76. The lowest BCUT2D eigenvalue weighted by Crippen LogP contribution is -2.10. The van der Waals surface area contributed by atoms with Crippen LogP contribution in [-0.2, 0) is 0 Å². The Morgan fingerprint density at radius 2 is 2.00 bits per heavy atom. The van der Waals surface area contributed by atoms with Gasteiger partial charge in [-0.3, -0.25) is 0 Å². The van der Waals surface area contributed by atoms with Gasteiger partial charge in [0.05, 0.1) is 5.69 Å². The van der Waals surface area contributed by atoms with E-state index in [0.29, 0.717) is 0 Å². The number of nitrogens with one attached hydrogen (secondary N) is 1. The average Bonchev–Trinajstić information content (AvgIpc) is 2.95. The standard InChI is InChI=1S/C12H9F2N7/c13-7-2-3-9(8(14)6-7)17-11-18-10(15)19-12(20-11)21-5-1-4-16-21/h1-6H,(H3,15,17,18,19,20). The molecule has 7 nitrogen and oxygen atoms in total. The van der Waals surface area contributed by atoms with Gasteiger partial charge in [0.25, 0.3) is 5.95 Å². The van der Waals surface area contributed by atoms with Gasteiger partial charge >= 0.3 is 0 Å². The number of nitrogens with two attached hydrogens (primary N) is 1. The van der Waals surface area contributed by atoms with Crippen LogP contribution in [0.5, 0.6) is 0 Å². The van der Waals surface area contributed by atoms with E-state index in [4.69, 9.17) is 5.73 Å². The third-order valence-corrected chi connectivity index (χ3v) is 2.53. The fourth-order valence-electron chi connectivity index (χ4n) is 1.64. The molecule has 0 fully saturated rings. The van der Waals surface area contributed by atoms with Gasteiger partial charge in [-0.1, -0.05) is 0 Å². The van der Waals surface area contributed by atoms with Gasteiger partial charge < -0.3 is 11.1 Å². The highest BCUT2D eigenvalue weighted by atomic mass is 19.1. The molecule has 21 heavy (non-hydrogen) atoms. The summed E-state index contributed by atoms with van der Waals surface area (Å²) < 4.78 is 27.8. The van der Waals surface area contributed by atoms with Crippen molar-refractivity contribution in [2.45, 2.75) is 0 Å². The lowest BCUT2D eigenvalue weighted by atomic mass is 10.3. The second kappa shape index (κ2) is 5.12. The van der Waals surface area contributed by atoms with Gasteiger partial charge in [-0.15, -0.1) is 0 Å². The van der Waals surface area contributed by atoms with E-state index in [0.717, 1.165) is 12.1 Å². The molecule has 0 saturated carbocycles. The molecule has 0 aliphatic heterocycles. The zero-order valence-corrected chi connectivity index (χ0v) is 10.5. The molecule has 0 atom stereocenters. The molecule has 0 amide bonds. The van der Waals surface area contributed by atoms with Crippen molar-refractivity contribution < 1.29 is 8.78 Å². The van der Waals surface area contributed by atoms with Crippen LogP contribution in [0, 0.1) is 11.6 Å². The smallest absolute Gasteiger partial charge is 0.257 e. The minimum atomic E-state index is -0.769. The number of halogens is 2. The maximum atomic E-state index is 13.6. The first-order chi connectivity index (χ1) is 10.1. The van der Waals surface area contributed by atoms with Crippen LogP contribution in [0.15, 0.2) is 36.7 Å². The van der Waals surface area contributed by atoms with Crippen molar-refractivity contribution in [1.82, 2.24) is 24.7 Å². The van der Waals surface area contributed by atoms with Crippen LogP contribution in [0.3, 0.4) is 0 Å². The van der Waals surface area contributed by atoms with Crippen molar-refractivity contribution in [2.24, 2.45) is 0 Å². The summed E-state index contributed by atoms with van der Waals surface area (Å²) in [5.74, 6) is -1.29. The number of nitrogens with zero attached hydrogens (tertiary/aromatic N) is 5. The van der Waals surface area contributed by atoms with E-state index < -0.39 is 11.6 Å². The average molecular weight is 289 g/mol.